The molecule has 18 heavy (non-hydrogen) atoms. The number of esters is 1. The van der Waals surface area contributed by atoms with Crippen LogP contribution in [0.2, 0.25) is 5.02 Å². The minimum atomic E-state index is -1.63. The van der Waals surface area contributed by atoms with Crippen LogP contribution in [-0.2, 0) is 25.7 Å². The van der Waals surface area contributed by atoms with Gasteiger partial charge in [-0.15, -0.1) is 0 Å². The van der Waals surface area contributed by atoms with Crippen LogP contribution in [0.1, 0.15) is 18.4 Å². The molecule has 0 aromatic heterocycles. The van der Waals surface area contributed by atoms with Gasteiger partial charge in [0.2, 0.25) is 0 Å². The zero-order chi connectivity index (χ0) is 13.2. The molecule has 0 saturated carbocycles. The Labute approximate surface area is 109 Å². The minimum Gasteiger partial charge on any atom is -0.423 e. The lowest BCUT2D eigenvalue weighted by Gasteiger charge is -2.23. The molecule has 1 unspecified atom stereocenters. The van der Waals surface area contributed by atoms with E-state index in [2.05, 4.69) is 0 Å². The Bertz CT molecular complexity index is 473. The fourth-order valence-corrected chi connectivity index (χ4v) is 1.81. The van der Waals surface area contributed by atoms with Gasteiger partial charge in [0.1, 0.15) is 0 Å². The Morgan fingerprint density at radius 1 is 1.44 bits per heavy atom. The van der Waals surface area contributed by atoms with Crippen LogP contribution in [0.15, 0.2) is 24.3 Å². The lowest BCUT2D eigenvalue weighted by molar-refractivity contribution is -0.215. The zero-order valence-electron chi connectivity index (χ0n) is 9.52. The molecule has 6 heteroatoms. The normalized spacial score (nSPS) is 22.8. The quantitative estimate of drug-likeness (QED) is 0.838. The minimum absolute atomic E-state index is 0.118. The first kappa shape index (κ1) is 12.9. The summed E-state index contributed by atoms with van der Waals surface area (Å²) in [6.45, 7) is 0.118. The highest BCUT2D eigenvalue weighted by molar-refractivity contribution is 6.30. The van der Waals surface area contributed by atoms with Gasteiger partial charge in [0.05, 0.1) is 13.0 Å². The highest BCUT2D eigenvalue weighted by Crippen LogP contribution is 2.29. The van der Waals surface area contributed by atoms with E-state index in [0.717, 1.165) is 5.56 Å². The summed E-state index contributed by atoms with van der Waals surface area (Å²) in [4.78, 5) is 22.4. The molecule has 5 nitrogen and oxygen atoms in total. The van der Waals surface area contributed by atoms with E-state index >= 15 is 0 Å². The molecule has 0 spiro atoms. The first-order valence-corrected chi connectivity index (χ1v) is 5.80. The number of ether oxygens (including phenoxy) is 2. The Morgan fingerprint density at radius 3 is 2.61 bits per heavy atom. The number of cyclic esters (lactones) is 1. The average Bonchev–Trinajstić information content (AvgIpc) is 2.72. The van der Waals surface area contributed by atoms with Crippen LogP contribution in [0.3, 0.4) is 0 Å². The molecule has 1 atom stereocenters. The molecule has 2 rings (SSSR count). The van der Waals surface area contributed by atoms with Gasteiger partial charge in [0, 0.05) is 11.4 Å². The lowest BCUT2D eigenvalue weighted by Crippen LogP contribution is -2.46. The van der Waals surface area contributed by atoms with E-state index in [1.807, 2.05) is 0 Å². The molecular formula is C12H12ClNO4. The Balaban J connectivity index is 2.05. The van der Waals surface area contributed by atoms with Crippen molar-refractivity contribution in [2.75, 3.05) is 0 Å². The van der Waals surface area contributed by atoms with Crippen molar-refractivity contribution in [3.05, 3.63) is 34.9 Å². The standard InChI is InChI=1S/C12H12ClNO4/c13-9-3-1-8(2-4-9)7-17-12(11(14)16)6-5-10(15)18-12/h1-4H,5-7H2,(H2,14,16). The molecular weight excluding hydrogens is 258 g/mol. The van der Waals surface area contributed by atoms with Gasteiger partial charge in [0.25, 0.3) is 11.7 Å². The van der Waals surface area contributed by atoms with E-state index < -0.39 is 17.7 Å². The molecule has 1 heterocycles. The summed E-state index contributed by atoms with van der Waals surface area (Å²) < 4.78 is 10.3. The summed E-state index contributed by atoms with van der Waals surface area (Å²) in [5.74, 6) is -2.90. The molecule has 0 aliphatic carbocycles. The van der Waals surface area contributed by atoms with Crippen LogP contribution in [0.5, 0.6) is 0 Å². The van der Waals surface area contributed by atoms with Gasteiger partial charge < -0.3 is 15.2 Å². The number of primary amides is 1. The van der Waals surface area contributed by atoms with Crippen molar-refractivity contribution in [1.82, 2.24) is 0 Å². The van der Waals surface area contributed by atoms with Gasteiger partial charge in [0.15, 0.2) is 0 Å². The molecule has 0 bridgehead atoms. The lowest BCUT2D eigenvalue weighted by atomic mass is 10.1. The SMILES string of the molecule is NC(=O)C1(OCc2ccc(Cl)cc2)CCC(=O)O1. The maximum absolute atomic E-state index is 11.3. The molecule has 1 aromatic rings. The van der Waals surface area contributed by atoms with Crippen molar-refractivity contribution >= 4 is 23.5 Å². The molecule has 1 aromatic carbocycles. The van der Waals surface area contributed by atoms with Crippen LogP contribution < -0.4 is 5.73 Å². The van der Waals surface area contributed by atoms with E-state index in [9.17, 15) is 9.59 Å². The topological polar surface area (TPSA) is 78.6 Å². The van der Waals surface area contributed by atoms with Crippen molar-refractivity contribution in [3.63, 3.8) is 0 Å². The monoisotopic (exact) mass is 269 g/mol. The summed E-state index contributed by atoms with van der Waals surface area (Å²) >= 11 is 5.75. The maximum Gasteiger partial charge on any atom is 0.309 e. The number of benzene rings is 1. The third-order valence-corrected chi connectivity index (χ3v) is 2.95. The number of rotatable bonds is 4. The largest absolute Gasteiger partial charge is 0.423 e. The van der Waals surface area contributed by atoms with E-state index in [0.29, 0.717) is 5.02 Å². The third-order valence-electron chi connectivity index (χ3n) is 2.70. The molecule has 1 aliphatic rings. The molecule has 1 amide bonds. The highest BCUT2D eigenvalue weighted by atomic mass is 35.5. The van der Waals surface area contributed by atoms with Crippen LogP contribution in [0, 0.1) is 0 Å². The van der Waals surface area contributed by atoms with Crippen molar-refractivity contribution < 1.29 is 19.1 Å². The predicted octanol–water partition coefficient (Wildman–Crippen LogP) is 1.38. The molecule has 96 valence electrons. The second-order valence-electron chi connectivity index (χ2n) is 4.01. The van der Waals surface area contributed by atoms with Gasteiger partial charge in [-0.3, -0.25) is 9.59 Å². The summed E-state index contributed by atoms with van der Waals surface area (Å²) in [6.07, 6.45) is 0.276. The van der Waals surface area contributed by atoms with Gasteiger partial charge >= 0.3 is 5.97 Å². The molecule has 0 radical (unpaired) electrons. The van der Waals surface area contributed by atoms with Crippen molar-refractivity contribution in [3.8, 4) is 0 Å². The van der Waals surface area contributed by atoms with E-state index in [-0.39, 0.29) is 19.4 Å². The second-order valence-corrected chi connectivity index (χ2v) is 4.44. The number of amides is 1. The zero-order valence-corrected chi connectivity index (χ0v) is 10.3. The fourth-order valence-electron chi connectivity index (χ4n) is 1.68. The summed E-state index contributed by atoms with van der Waals surface area (Å²) in [5.41, 5.74) is 6.03. The summed E-state index contributed by atoms with van der Waals surface area (Å²) in [5, 5.41) is 0.607. The summed E-state index contributed by atoms with van der Waals surface area (Å²) in [7, 11) is 0. The smallest absolute Gasteiger partial charge is 0.309 e. The number of hydrogen-bond acceptors (Lipinski definition) is 4. The highest BCUT2D eigenvalue weighted by Gasteiger charge is 2.47. The van der Waals surface area contributed by atoms with Gasteiger partial charge in [-0.25, -0.2) is 0 Å². The first-order chi connectivity index (χ1) is 8.52. The van der Waals surface area contributed by atoms with Crippen LogP contribution in [0.4, 0.5) is 0 Å². The molecule has 2 N–H and O–H groups in total. The van der Waals surface area contributed by atoms with Gasteiger partial charge in [-0.05, 0) is 17.7 Å². The Kier molecular flexibility index (Phi) is 3.54. The molecule has 1 fully saturated rings. The first-order valence-electron chi connectivity index (χ1n) is 5.42. The maximum atomic E-state index is 11.3. The Hall–Kier alpha value is -1.59. The summed E-state index contributed by atoms with van der Waals surface area (Å²) in [6, 6.07) is 6.93. The van der Waals surface area contributed by atoms with Crippen LogP contribution in [0.25, 0.3) is 0 Å². The second kappa shape index (κ2) is 4.96. The number of carbonyl (C=O) groups excluding carboxylic acids is 2. The van der Waals surface area contributed by atoms with Gasteiger partial charge in [-0.2, -0.15) is 0 Å². The fraction of sp³-hybridized carbons (Fsp3) is 0.333. The van der Waals surface area contributed by atoms with Crippen LogP contribution in [-0.4, -0.2) is 17.7 Å². The van der Waals surface area contributed by atoms with Crippen molar-refractivity contribution in [2.45, 2.75) is 25.2 Å². The number of nitrogens with two attached hydrogens (primary N) is 1. The van der Waals surface area contributed by atoms with E-state index in [1.54, 1.807) is 24.3 Å². The van der Waals surface area contributed by atoms with Crippen molar-refractivity contribution in [2.24, 2.45) is 5.73 Å². The third kappa shape index (κ3) is 2.63. The van der Waals surface area contributed by atoms with Crippen LogP contribution >= 0.6 is 11.6 Å². The Morgan fingerprint density at radius 2 is 2.11 bits per heavy atom. The average molecular weight is 270 g/mol. The van der Waals surface area contributed by atoms with E-state index in [4.69, 9.17) is 26.8 Å². The molecule has 1 aliphatic heterocycles. The number of halogens is 1. The van der Waals surface area contributed by atoms with Gasteiger partial charge in [-0.1, -0.05) is 23.7 Å². The number of hydrogen-bond donors (Lipinski definition) is 1. The van der Waals surface area contributed by atoms with E-state index in [1.165, 1.54) is 0 Å². The number of carbonyl (C=O) groups is 2. The van der Waals surface area contributed by atoms with Crippen molar-refractivity contribution in [1.29, 1.82) is 0 Å². The molecule has 1 saturated heterocycles. The predicted molar refractivity (Wildman–Crippen MR) is 63.5 cm³/mol.